The Balaban J connectivity index is 1.94. The highest BCUT2D eigenvalue weighted by molar-refractivity contribution is 7.98. The summed E-state index contributed by atoms with van der Waals surface area (Å²) in [5, 5.41) is 2.69. The van der Waals surface area contributed by atoms with Crippen molar-refractivity contribution in [2.75, 3.05) is 31.9 Å². The third kappa shape index (κ3) is 7.18. The van der Waals surface area contributed by atoms with E-state index in [2.05, 4.69) is 5.32 Å². The molecule has 2 aromatic carbocycles. The second-order valence-corrected chi connectivity index (χ2v) is 7.23. The van der Waals surface area contributed by atoms with Crippen molar-refractivity contribution in [1.29, 1.82) is 0 Å². The highest BCUT2D eigenvalue weighted by Gasteiger charge is 2.14. The topological polar surface area (TPSA) is 90.9 Å². The van der Waals surface area contributed by atoms with Gasteiger partial charge in [-0.15, -0.1) is 11.8 Å². The van der Waals surface area contributed by atoms with Crippen molar-refractivity contribution < 1.29 is 28.6 Å². The number of nitrogens with one attached hydrogen (secondary N) is 1. The van der Waals surface area contributed by atoms with Gasteiger partial charge in [-0.2, -0.15) is 0 Å². The van der Waals surface area contributed by atoms with Crippen LogP contribution >= 0.6 is 11.8 Å². The van der Waals surface area contributed by atoms with Crippen LogP contribution in [0.5, 0.6) is 11.5 Å². The molecule has 0 unspecified atom stereocenters. The van der Waals surface area contributed by atoms with Crippen molar-refractivity contribution in [3.8, 4) is 11.5 Å². The zero-order valence-corrected chi connectivity index (χ0v) is 18.7. The van der Waals surface area contributed by atoms with Gasteiger partial charge in [-0.1, -0.05) is 24.3 Å². The van der Waals surface area contributed by atoms with Crippen LogP contribution in [0.25, 0.3) is 6.08 Å². The second-order valence-electron chi connectivity index (χ2n) is 6.38. The molecular weight excluding hydrogens is 418 g/mol. The number of amides is 1. The number of thioether (sulfide) groups is 1. The molecule has 8 heteroatoms. The van der Waals surface area contributed by atoms with Gasteiger partial charge in [0.2, 0.25) is 5.91 Å². The van der Waals surface area contributed by atoms with E-state index in [-0.39, 0.29) is 18.3 Å². The standard InChI is InChI=1S/C23H25NO6S/c1-5-6-16-7-9-20(21(11-16)28-3)29-14-23(27)30-13-19(26)17-8-10-22(31-4)18(12-17)24-15(2)25/h5-12H,13-14H2,1-4H3,(H,24,25)/b6-5+. The summed E-state index contributed by atoms with van der Waals surface area (Å²) in [6.45, 7) is 2.50. The van der Waals surface area contributed by atoms with E-state index in [9.17, 15) is 14.4 Å². The maximum absolute atomic E-state index is 12.4. The molecule has 7 nitrogen and oxygen atoms in total. The van der Waals surface area contributed by atoms with Crippen LogP contribution in [0, 0.1) is 0 Å². The van der Waals surface area contributed by atoms with Crippen molar-refractivity contribution in [1.82, 2.24) is 0 Å². The summed E-state index contributed by atoms with van der Waals surface area (Å²) in [6.07, 6.45) is 5.68. The fourth-order valence-corrected chi connectivity index (χ4v) is 3.21. The van der Waals surface area contributed by atoms with Crippen molar-refractivity contribution in [3.05, 3.63) is 53.6 Å². The largest absolute Gasteiger partial charge is 0.493 e. The molecule has 0 aromatic heterocycles. The first-order valence-electron chi connectivity index (χ1n) is 9.46. The smallest absolute Gasteiger partial charge is 0.344 e. The van der Waals surface area contributed by atoms with E-state index in [4.69, 9.17) is 14.2 Å². The van der Waals surface area contributed by atoms with E-state index < -0.39 is 12.6 Å². The van der Waals surface area contributed by atoms with E-state index in [1.165, 1.54) is 25.8 Å². The van der Waals surface area contributed by atoms with Crippen molar-refractivity contribution in [2.45, 2.75) is 18.7 Å². The van der Waals surface area contributed by atoms with Gasteiger partial charge in [-0.25, -0.2) is 4.79 Å². The Bertz CT molecular complexity index is 986. The number of methoxy groups -OCH3 is 1. The molecule has 1 N–H and O–H groups in total. The lowest BCUT2D eigenvalue weighted by molar-refractivity contribution is -0.144. The molecule has 0 aliphatic rings. The van der Waals surface area contributed by atoms with Crippen molar-refractivity contribution in [2.24, 2.45) is 0 Å². The van der Waals surface area contributed by atoms with Crippen molar-refractivity contribution in [3.63, 3.8) is 0 Å². The minimum Gasteiger partial charge on any atom is -0.493 e. The predicted molar refractivity (Wildman–Crippen MR) is 121 cm³/mol. The number of benzene rings is 2. The molecular formula is C23H25NO6S. The van der Waals surface area contributed by atoms with E-state index in [1.807, 2.05) is 31.4 Å². The van der Waals surface area contributed by atoms with Gasteiger partial charge < -0.3 is 19.5 Å². The Kier molecular flexibility index (Phi) is 9.14. The fraction of sp³-hybridized carbons (Fsp3) is 0.261. The molecule has 0 spiro atoms. The number of carbonyl (C=O) groups excluding carboxylic acids is 3. The molecule has 0 heterocycles. The van der Waals surface area contributed by atoms with Gasteiger partial charge in [0.25, 0.3) is 0 Å². The highest BCUT2D eigenvalue weighted by atomic mass is 32.2. The van der Waals surface area contributed by atoms with Gasteiger partial charge in [-0.3, -0.25) is 9.59 Å². The third-order valence-corrected chi connectivity index (χ3v) is 4.88. The summed E-state index contributed by atoms with van der Waals surface area (Å²) in [4.78, 5) is 36.6. The molecule has 0 atom stereocenters. The maximum atomic E-state index is 12.4. The first-order valence-corrected chi connectivity index (χ1v) is 10.7. The van der Waals surface area contributed by atoms with Gasteiger partial charge in [0.15, 0.2) is 30.5 Å². The molecule has 0 aliphatic carbocycles. The molecule has 2 rings (SSSR count). The van der Waals surface area contributed by atoms with Crippen LogP contribution in [-0.4, -0.2) is 44.2 Å². The van der Waals surface area contributed by atoms with Crippen LogP contribution in [0.4, 0.5) is 5.69 Å². The summed E-state index contributed by atoms with van der Waals surface area (Å²) in [5.41, 5.74) is 1.80. The molecule has 0 saturated heterocycles. The number of hydrogen-bond donors (Lipinski definition) is 1. The fourth-order valence-electron chi connectivity index (χ4n) is 2.68. The van der Waals surface area contributed by atoms with Gasteiger partial charge in [0, 0.05) is 17.4 Å². The first-order chi connectivity index (χ1) is 14.9. The number of carbonyl (C=O) groups is 3. The Labute approximate surface area is 185 Å². The lowest BCUT2D eigenvalue weighted by Crippen LogP contribution is -2.20. The number of hydrogen-bond acceptors (Lipinski definition) is 7. The van der Waals surface area contributed by atoms with Crippen molar-refractivity contribution >= 4 is 41.2 Å². The predicted octanol–water partition coefficient (Wildman–Crippen LogP) is 4.21. The van der Waals surface area contributed by atoms with E-state index >= 15 is 0 Å². The lowest BCUT2D eigenvalue weighted by atomic mass is 10.1. The van der Waals surface area contributed by atoms with Gasteiger partial charge in [0.1, 0.15) is 0 Å². The molecule has 0 aliphatic heterocycles. The Morgan fingerprint density at radius 3 is 2.48 bits per heavy atom. The number of ether oxygens (including phenoxy) is 3. The van der Waals surface area contributed by atoms with Crippen LogP contribution in [-0.2, 0) is 14.3 Å². The number of allylic oxidation sites excluding steroid dienone is 1. The minimum absolute atomic E-state index is 0.238. The monoisotopic (exact) mass is 443 g/mol. The average molecular weight is 444 g/mol. The maximum Gasteiger partial charge on any atom is 0.344 e. The Hall–Kier alpha value is -3.26. The van der Waals surface area contributed by atoms with Crippen LogP contribution in [0.3, 0.4) is 0 Å². The van der Waals surface area contributed by atoms with Crippen LogP contribution in [0.15, 0.2) is 47.4 Å². The first kappa shape index (κ1) is 24.0. The van der Waals surface area contributed by atoms with Gasteiger partial charge in [0.05, 0.1) is 12.8 Å². The number of ketones is 1. The second kappa shape index (κ2) is 11.8. The zero-order chi connectivity index (χ0) is 22.8. The Morgan fingerprint density at radius 1 is 1.06 bits per heavy atom. The molecule has 0 bridgehead atoms. The van der Waals surface area contributed by atoms with E-state index in [0.29, 0.717) is 22.7 Å². The van der Waals surface area contributed by atoms with E-state index in [1.54, 1.807) is 30.3 Å². The summed E-state index contributed by atoms with van der Waals surface area (Å²) in [7, 11) is 1.51. The average Bonchev–Trinajstić information content (AvgIpc) is 2.76. The number of rotatable bonds is 10. The molecule has 1 amide bonds. The van der Waals surface area contributed by atoms with Crippen LogP contribution in [0.1, 0.15) is 29.8 Å². The minimum atomic E-state index is -0.684. The van der Waals surface area contributed by atoms with E-state index in [0.717, 1.165) is 10.5 Å². The zero-order valence-electron chi connectivity index (χ0n) is 17.9. The third-order valence-electron chi connectivity index (χ3n) is 4.09. The van der Waals surface area contributed by atoms with Gasteiger partial charge >= 0.3 is 5.97 Å². The molecule has 0 radical (unpaired) electrons. The summed E-state index contributed by atoms with van der Waals surface area (Å²) >= 11 is 1.45. The lowest BCUT2D eigenvalue weighted by Gasteiger charge is -2.12. The molecule has 164 valence electrons. The van der Waals surface area contributed by atoms with Gasteiger partial charge in [-0.05, 0) is 43.0 Å². The summed E-state index contributed by atoms with van der Waals surface area (Å²) in [5.74, 6) is -0.431. The number of anilines is 1. The summed E-state index contributed by atoms with van der Waals surface area (Å²) in [6, 6.07) is 10.2. The number of Topliss-reactive ketones (excluding diaryl/α,β-unsaturated/α-hetero) is 1. The molecule has 0 saturated carbocycles. The number of esters is 1. The normalized spacial score (nSPS) is 10.6. The summed E-state index contributed by atoms with van der Waals surface area (Å²) < 4.78 is 15.8. The SMILES string of the molecule is C/C=C/c1ccc(OCC(=O)OCC(=O)c2ccc(SC)c(NC(C)=O)c2)c(OC)c1. The molecule has 2 aromatic rings. The molecule has 0 fully saturated rings. The quantitative estimate of drug-likeness (QED) is 0.334. The van der Waals surface area contributed by atoms with Crippen LogP contribution < -0.4 is 14.8 Å². The van der Waals surface area contributed by atoms with Crippen LogP contribution in [0.2, 0.25) is 0 Å². The Morgan fingerprint density at radius 2 is 1.84 bits per heavy atom. The highest BCUT2D eigenvalue weighted by Crippen LogP contribution is 2.29. The molecule has 31 heavy (non-hydrogen) atoms.